The van der Waals surface area contributed by atoms with Crippen molar-refractivity contribution in [2.24, 2.45) is 0 Å². The molecule has 3 aromatic rings. The number of anilines is 1. The fraction of sp³-hybridized carbons (Fsp3) is 0.423. The first-order valence-corrected chi connectivity index (χ1v) is 11.6. The zero-order valence-electron chi connectivity index (χ0n) is 20.2. The van der Waals surface area contributed by atoms with Crippen LogP contribution in [0.1, 0.15) is 50.3 Å². The van der Waals surface area contributed by atoms with E-state index in [1.807, 2.05) is 33.9 Å². The maximum Gasteiger partial charge on any atom is 0.179 e. The molecule has 6 nitrogen and oxygen atoms in total. The second-order valence-electron chi connectivity index (χ2n) is 10.2. The second kappa shape index (κ2) is 8.27. The number of hydrogen-bond donors (Lipinski definition) is 0. The first-order valence-electron chi connectivity index (χ1n) is 11.6. The summed E-state index contributed by atoms with van der Waals surface area (Å²) in [7, 11) is 2.07. The summed E-state index contributed by atoms with van der Waals surface area (Å²) < 4.78 is 36.0. The van der Waals surface area contributed by atoms with Gasteiger partial charge in [-0.15, -0.1) is 0 Å². The van der Waals surface area contributed by atoms with Gasteiger partial charge in [-0.1, -0.05) is 0 Å². The molecule has 0 radical (unpaired) electrons. The summed E-state index contributed by atoms with van der Waals surface area (Å²) in [6.07, 6.45) is 3.41. The molecule has 5 rings (SSSR count). The SMILES string of the molecule is CC(C)N1CC(C)(C)Oc2c(F)cc(-c3nc(Cc4cc5c(cn4)CN(C)C5)ncc3F)cc21. The molecule has 1 aromatic carbocycles. The van der Waals surface area contributed by atoms with Crippen LogP contribution in [0.5, 0.6) is 5.75 Å². The maximum atomic E-state index is 15.2. The number of aromatic nitrogens is 3. The van der Waals surface area contributed by atoms with E-state index in [2.05, 4.69) is 37.9 Å². The lowest BCUT2D eigenvalue weighted by atomic mass is 10.0. The maximum absolute atomic E-state index is 15.2. The van der Waals surface area contributed by atoms with Crippen LogP contribution < -0.4 is 9.64 Å². The quantitative estimate of drug-likeness (QED) is 0.555. The molecule has 0 aliphatic carbocycles. The van der Waals surface area contributed by atoms with Crippen LogP contribution in [-0.4, -0.2) is 45.1 Å². The Morgan fingerprint density at radius 1 is 1.03 bits per heavy atom. The molecule has 0 spiro atoms. The number of hydrogen-bond acceptors (Lipinski definition) is 6. The van der Waals surface area contributed by atoms with Crippen molar-refractivity contribution in [3.05, 3.63) is 64.9 Å². The van der Waals surface area contributed by atoms with Gasteiger partial charge in [-0.2, -0.15) is 0 Å². The van der Waals surface area contributed by atoms with Gasteiger partial charge in [0.25, 0.3) is 0 Å². The highest BCUT2D eigenvalue weighted by Gasteiger charge is 2.35. The van der Waals surface area contributed by atoms with E-state index >= 15 is 4.39 Å². The standard InChI is InChI=1S/C26H29F2N5O/c1-15(2)33-14-26(3,4)34-25-20(27)7-16(8-22(25)33)24-21(28)11-30-23(31-24)9-19-6-17-12-32(5)13-18(17)10-29-19/h6-8,10-11,15H,9,12-14H2,1-5H3. The Hall–Kier alpha value is -3.13. The molecule has 0 bridgehead atoms. The highest BCUT2D eigenvalue weighted by atomic mass is 19.1. The van der Waals surface area contributed by atoms with Gasteiger partial charge in [0.2, 0.25) is 0 Å². The number of ether oxygens (including phenoxy) is 1. The molecule has 0 amide bonds. The fourth-order valence-corrected chi connectivity index (χ4v) is 4.75. The summed E-state index contributed by atoms with van der Waals surface area (Å²) in [6, 6.07) is 5.22. The molecule has 178 valence electrons. The summed E-state index contributed by atoms with van der Waals surface area (Å²) in [6.45, 7) is 10.3. The lowest BCUT2D eigenvalue weighted by molar-refractivity contribution is 0.0967. The van der Waals surface area contributed by atoms with Crippen molar-refractivity contribution in [1.29, 1.82) is 0 Å². The van der Waals surface area contributed by atoms with Crippen molar-refractivity contribution >= 4 is 5.69 Å². The lowest BCUT2D eigenvalue weighted by Gasteiger charge is -2.43. The number of fused-ring (bicyclic) bond motifs is 2. The zero-order valence-corrected chi connectivity index (χ0v) is 20.2. The third kappa shape index (κ3) is 4.22. The molecule has 8 heteroatoms. The van der Waals surface area contributed by atoms with E-state index in [1.165, 1.54) is 17.2 Å². The molecule has 4 heterocycles. The van der Waals surface area contributed by atoms with Gasteiger partial charge in [0.1, 0.15) is 17.1 Å². The molecule has 2 aliphatic rings. The van der Waals surface area contributed by atoms with Crippen molar-refractivity contribution in [3.63, 3.8) is 0 Å². The number of pyridine rings is 1. The van der Waals surface area contributed by atoms with Gasteiger partial charge < -0.3 is 9.64 Å². The minimum absolute atomic E-state index is 0.0705. The van der Waals surface area contributed by atoms with Crippen LogP contribution in [0.15, 0.2) is 30.6 Å². The monoisotopic (exact) mass is 465 g/mol. The Morgan fingerprint density at radius 3 is 2.56 bits per heavy atom. The molecule has 34 heavy (non-hydrogen) atoms. The van der Waals surface area contributed by atoms with E-state index in [1.54, 1.807) is 6.07 Å². The van der Waals surface area contributed by atoms with Crippen LogP contribution in [0, 0.1) is 11.6 Å². The normalized spacial score (nSPS) is 17.0. The van der Waals surface area contributed by atoms with Gasteiger partial charge in [0.15, 0.2) is 17.4 Å². The molecular formula is C26H29F2N5O. The van der Waals surface area contributed by atoms with Gasteiger partial charge in [0.05, 0.1) is 24.8 Å². The average molecular weight is 466 g/mol. The van der Waals surface area contributed by atoms with Crippen molar-refractivity contribution in [3.8, 4) is 17.0 Å². The molecule has 2 aromatic heterocycles. The summed E-state index contributed by atoms with van der Waals surface area (Å²) in [5.41, 5.74) is 3.78. The Morgan fingerprint density at radius 2 is 1.79 bits per heavy atom. The predicted molar refractivity (Wildman–Crippen MR) is 127 cm³/mol. The van der Waals surface area contributed by atoms with Crippen LogP contribution >= 0.6 is 0 Å². The summed E-state index contributed by atoms with van der Waals surface area (Å²) in [4.78, 5) is 17.5. The fourth-order valence-electron chi connectivity index (χ4n) is 4.75. The smallest absolute Gasteiger partial charge is 0.179 e. The van der Waals surface area contributed by atoms with E-state index in [0.717, 1.165) is 25.0 Å². The summed E-state index contributed by atoms with van der Waals surface area (Å²) >= 11 is 0. The van der Waals surface area contributed by atoms with Gasteiger partial charge in [-0.25, -0.2) is 18.7 Å². The number of benzene rings is 1. The molecule has 0 N–H and O–H groups in total. The first-order chi connectivity index (χ1) is 16.1. The largest absolute Gasteiger partial charge is 0.481 e. The number of rotatable bonds is 4. The molecule has 2 aliphatic heterocycles. The zero-order chi connectivity index (χ0) is 24.2. The van der Waals surface area contributed by atoms with Crippen molar-refractivity contribution in [2.75, 3.05) is 18.5 Å². The molecule has 0 saturated carbocycles. The van der Waals surface area contributed by atoms with Gasteiger partial charge in [0, 0.05) is 36.6 Å². The Bertz CT molecular complexity index is 1260. The van der Waals surface area contributed by atoms with E-state index in [4.69, 9.17) is 4.74 Å². The van der Waals surface area contributed by atoms with Crippen molar-refractivity contribution in [2.45, 2.75) is 58.8 Å². The topological polar surface area (TPSA) is 54.4 Å². The van der Waals surface area contributed by atoms with E-state index < -0.39 is 17.2 Å². The second-order valence-corrected chi connectivity index (χ2v) is 10.2. The van der Waals surface area contributed by atoms with Crippen LogP contribution in [0.2, 0.25) is 0 Å². The Labute approximate surface area is 198 Å². The van der Waals surface area contributed by atoms with E-state index in [-0.39, 0.29) is 17.5 Å². The highest BCUT2D eigenvalue weighted by Crippen LogP contribution is 2.42. The van der Waals surface area contributed by atoms with Crippen LogP contribution in [0.25, 0.3) is 11.3 Å². The Balaban J connectivity index is 1.50. The van der Waals surface area contributed by atoms with Crippen LogP contribution in [0.4, 0.5) is 14.5 Å². The van der Waals surface area contributed by atoms with Gasteiger partial charge in [-0.05, 0) is 64.1 Å². The minimum atomic E-state index is -0.597. The molecular weight excluding hydrogens is 436 g/mol. The third-order valence-corrected chi connectivity index (χ3v) is 6.31. The van der Waals surface area contributed by atoms with Crippen LogP contribution in [0.3, 0.4) is 0 Å². The minimum Gasteiger partial charge on any atom is -0.481 e. The van der Waals surface area contributed by atoms with Gasteiger partial charge >= 0.3 is 0 Å². The average Bonchev–Trinajstić information content (AvgIpc) is 3.14. The predicted octanol–water partition coefficient (Wildman–Crippen LogP) is 4.74. The van der Waals surface area contributed by atoms with Crippen molar-refractivity contribution < 1.29 is 13.5 Å². The molecule has 0 atom stereocenters. The number of halogens is 2. The number of nitrogens with zero attached hydrogens (tertiary/aromatic N) is 5. The van der Waals surface area contributed by atoms with Crippen LogP contribution in [-0.2, 0) is 19.5 Å². The lowest BCUT2D eigenvalue weighted by Crippen LogP contribution is -2.49. The van der Waals surface area contributed by atoms with Crippen molar-refractivity contribution in [1.82, 2.24) is 19.9 Å². The summed E-state index contributed by atoms with van der Waals surface area (Å²) in [5.74, 6) is -0.503. The molecule has 0 saturated heterocycles. The van der Waals surface area contributed by atoms with E-state index in [9.17, 15) is 4.39 Å². The van der Waals surface area contributed by atoms with Gasteiger partial charge in [-0.3, -0.25) is 9.88 Å². The third-order valence-electron chi connectivity index (χ3n) is 6.31. The molecule has 0 unspecified atom stereocenters. The van der Waals surface area contributed by atoms with E-state index in [0.29, 0.717) is 30.0 Å². The molecule has 0 fully saturated rings. The highest BCUT2D eigenvalue weighted by molar-refractivity contribution is 5.72. The first kappa shape index (κ1) is 22.7. The summed E-state index contributed by atoms with van der Waals surface area (Å²) in [5, 5.41) is 0. The Kier molecular flexibility index (Phi) is 5.51.